The van der Waals surface area contributed by atoms with Gasteiger partial charge in [0.15, 0.2) is 0 Å². The third kappa shape index (κ3) is 3.94. The molecular weight excluding hydrogens is 221 g/mol. The Morgan fingerprint density at radius 3 is 2.00 bits per heavy atom. The van der Waals surface area contributed by atoms with Gasteiger partial charge in [-0.2, -0.15) is 0 Å². The van der Waals surface area contributed by atoms with Gasteiger partial charge in [-0.3, -0.25) is 0 Å². The summed E-state index contributed by atoms with van der Waals surface area (Å²) in [6, 6.07) is 0. The molecule has 0 saturated heterocycles. The van der Waals surface area contributed by atoms with Crippen LogP contribution >= 0.6 is 23.2 Å². The molecule has 0 saturated carbocycles. The highest BCUT2D eigenvalue weighted by Crippen LogP contribution is 2.10. The normalized spacial score (nSPS) is 13.3. The van der Waals surface area contributed by atoms with Crippen LogP contribution in [0.3, 0.4) is 0 Å². The van der Waals surface area contributed by atoms with E-state index < -0.39 is 15.6 Å². The van der Waals surface area contributed by atoms with Crippen molar-refractivity contribution < 1.29 is 8.42 Å². The Balaban J connectivity index is 4.42. The van der Waals surface area contributed by atoms with Gasteiger partial charge in [-0.25, -0.2) is 13.1 Å². The molecule has 6 heteroatoms. The highest BCUT2D eigenvalue weighted by atomic mass is 35.5. The molecule has 74 valence electrons. The second-order valence-corrected chi connectivity index (χ2v) is 5.38. The zero-order valence-electron chi connectivity index (χ0n) is 7.10. The molecule has 1 N–H and O–H groups in total. The predicted octanol–water partition coefficient (Wildman–Crippen LogP) is 1.16. The van der Waals surface area contributed by atoms with E-state index >= 15 is 0 Å². The molecule has 0 heterocycles. The number of alkyl halides is 2. The minimum atomic E-state index is -3.22. The van der Waals surface area contributed by atoms with Gasteiger partial charge in [0.25, 0.3) is 0 Å². The van der Waals surface area contributed by atoms with E-state index in [2.05, 4.69) is 4.72 Å². The third-order valence-corrected chi connectivity index (χ3v) is 4.12. The molecule has 0 aliphatic rings. The van der Waals surface area contributed by atoms with E-state index in [0.29, 0.717) is 0 Å². The Hall–Kier alpha value is 0.490. The molecule has 0 aliphatic heterocycles. The first-order valence-corrected chi connectivity index (χ1v) is 6.25. The first kappa shape index (κ1) is 12.5. The molecule has 0 unspecified atom stereocenters. The topological polar surface area (TPSA) is 46.2 Å². The van der Waals surface area contributed by atoms with Crippen molar-refractivity contribution >= 4 is 33.2 Å². The number of hydrogen-bond acceptors (Lipinski definition) is 2. The zero-order valence-corrected chi connectivity index (χ0v) is 9.43. The molecule has 0 spiro atoms. The molecule has 0 rings (SSSR count). The molecule has 12 heavy (non-hydrogen) atoms. The number of sulfonamides is 1. The number of hydrogen-bond donors (Lipinski definition) is 1. The lowest BCUT2D eigenvalue weighted by Crippen LogP contribution is -2.49. The van der Waals surface area contributed by atoms with E-state index in [-0.39, 0.29) is 17.5 Å². The first-order chi connectivity index (χ1) is 5.39. The first-order valence-electron chi connectivity index (χ1n) is 3.52. The number of halogens is 2. The Morgan fingerprint density at radius 1 is 1.33 bits per heavy atom. The molecule has 0 aliphatic carbocycles. The van der Waals surface area contributed by atoms with Crippen molar-refractivity contribution in [2.75, 3.05) is 17.5 Å². The predicted molar refractivity (Wildman–Crippen MR) is 52.4 cm³/mol. The molecule has 0 atom stereocenters. The summed E-state index contributed by atoms with van der Waals surface area (Å²) in [5.74, 6) is 0.363. The summed E-state index contributed by atoms with van der Waals surface area (Å²) >= 11 is 11.1. The fourth-order valence-corrected chi connectivity index (χ4v) is 2.16. The highest BCUT2D eigenvalue weighted by molar-refractivity contribution is 7.89. The minimum absolute atomic E-state index is 0.0381. The van der Waals surface area contributed by atoms with Gasteiger partial charge in [-0.1, -0.05) is 0 Å². The van der Waals surface area contributed by atoms with Crippen LogP contribution in [0.15, 0.2) is 0 Å². The summed E-state index contributed by atoms with van der Waals surface area (Å²) in [6.45, 7) is 3.23. The SMILES string of the molecule is CCS(=O)(=O)NC(C)(CCl)CCl. The van der Waals surface area contributed by atoms with E-state index in [9.17, 15) is 8.42 Å². The molecule has 0 amide bonds. The molecule has 0 aromatic rings. The van der Waals surface area contributed by atoms with Crippen LogP contribution in [0, 0.1) is 0 Å². The summed E-state index contributed by atoms with van der Waals surface area (Å²) in [5.41, 5.74) is -0.738. The van der Waals surface area contributed by atoms with Gasteiger partial charge >= 0.3 is 0 Å². The molecular formula is C6H13Cl2NO2S. The maximum Gasteiger partial charge on any atom is 0.211 e. The van der Waals surface area contributed by atoms with Crippen LogP contribution < -0.4 is 4.72 Å². The van der Waals surface area contributed by atoms with Crippen LogP contribution in [0.5, 0.6) is 0 Å². The van der Waals surface area contributed by atoms with Gasteiger partial charge < -0.3 is 0 Å². The van der Waals surface area contributed by atoms with E-state index in [1.54, 1.807) is 13.8 Å². The van der Waals surface area contributed by atoms with Crippen molar-refractivity contribution in [2.24, 2.45) is 0 Å². The van der Waals surface area contributed by atoms with Crippen molar-refractivity contribution in [2.45, 2.75) is 19.4 Å². The van der Waals surface area contributed by atoms with Crippen LogP contribution in [0.4, 0.5) is 0 Å². The van der Waals surface area contributed by atoms with Crippen molar-refractivity contribution in [3.8, 4) is 0 Å². The second-order valence-electron chi connectivity index (χ2n) is 2.83. The van der Waals surface area contributed by atoms with Crippen LogP contribution in [0.25, 0.3) is 0 Å². The van der Waals surface area contributed by atoms with Gasteiger partial charge in [-0.05, 0) is 13.8 Å². The third-order valence-electron chi connectivity index (χ3n) is 1.37. The largest absolute Gasteiger partial charge is 0.212 e. The Morgan fingerprint density at radius 2 is 1.75 bits per heavy atom. The smallest absolute Gasteiger partial charge is 0.211 e. The van der Waals surface area contributed by atoms with Crippen molar-refractivity contribution in [3.63, 3.8) is 0 Å². The quantitative estimate of drug-likeness (QED) is 0.725. The standard InChI is InChI=1S/C6H13Cl2NO2S/c1-3-12(10,11)9-6(2,4-7)5-8/h9H,3-5H2,1-2H3. The summed E-state index contributed by atoms with van der Waals surface area (Å²) in [5, 5.41) is 0. The number of nitrogens with one attached hydrogen (secondary N) is 1. The summed E-state index contributed by atoms with van der Waals surface area (Å²) in [7, 11) is -3.22. The second kappa shape index (κ2) is 4.65. The Kier molecular flexibility index (Phi) is 4.84. The average molecular weight is 234 g/mol. The zero-order chi connectivity index (χ0) is 9.83. The molecule has 0 radical (unpaired) electrons. The highest BCUT2D eigenvalue weighted by Gasteiger charge is 2.26. The number of rotatable bonds is 5. The molecule has 0 aromatic heterocycles. The van der Waals surface area contributed by atoms with Crippen molar-refractivity contribution in [1.29, 1.82) is 0 Å². The van der Waals surface area contributed by atoms with Gasteiger partial charge in [0.2, 0.25) is 10.0 Å². The van der Waals surface area contributed by atoms with E-state index in [0.717, 1.165) is 0 Å². The van der Waals surface area contributed by atoms with Crippen LogP contribution in [0.2, 0.25) is 0 Å². The van der Waals surface area contributed by atoms with Crippen molar-refractivity contribution in [3.05, 3.63) is 0 Å². The van der Waals surface area contributed by atoms with E-state index in [1.807, 2.05) is 0 Å². The maximum absolute atomic E-state index is 11.1. The van der Waals surface area contributed by atoms with Gasteiger partial charge in [-0.15, -0.1) is 23.2 Å². The average Bonchev–Trinajstić information content (AvgIpc) is 2.04. The van der Waals surface area contributed by atoms with E-state index in [4.69, 9.17) is 23.2 Å². The van der Waals surface area contributed by atoms with Crippen LogP contribution in [0.1, 0.15) is 13.8 Å². The molecule has 0 fully saturated rings. The fourth-order valence-electron chi connectivity index (χ4n) is 0.538. The van der Waals surface area contributed by atoms with Gasteiger partial charge in [0, 0.05) is 11.8 Å². The Labute approximate surface area is 83.5 Å². The minimum Gasteiger partial charge on any atom is -0.212 e. The molecule has 3 nitrogen and oxygen atoms in total. The fraction of sp³-hybridized carbons (Fsp3) is 1.00. The van der Waals surface area contributed by atoms with Crippen LogP contribution in [-0.2, 0) is 10.0 Å². The summed E-state index contributed by atoms with van der Waals surface area (Å²) in [6.07, 6.45) is 0. The lowest BCUT2D eigenvalue weighted by molar-refractivity contribution is 0.501. The summed E-state index contributed by atoms with van der Waals surface area (Å²) < 4.78 is 24.6. The lowest BCUT2D eigenvalue weighted by atomic mass is 10.1. The van der Waals surface area contributed by atoms with Crippen molar-refractivity contribution in [1.82, 2.24) is 4.72 Å². The molecule has 0 bridgehead atoms. The Bertz CT molecular complexity index is 224. The molecule has 0 aromatic carbocycles. The lowest BCUT2D eigenvalue weighted by Gasteiger charge is -2.24. The van der Waals surface area contributed by atoms with Gasteiger partial charge in [0.05, 0.1) is 11.3 Å². The summed E-state index contributed by atoms with van der Waals surface area (Å²) in [4.78, 5) is 0. The van der Waals surface area contributed by atoms with E-state index in [1.165, 1.54) is 0 Å². The van der Waals surface area contributed by atoms with Crippen LogP contribution in [-0.4, -0.2) is 31.5 Å². The van der Waals surface area contributed by atoms with Gasteiger partial charge in [0.1, 0.15) is 0 Å². The monoisotopic (exact) mass is 233 g/mol. The maximum atomic E-state index is 11.1.